The summed E-state index contributed by atoms with van der Waals surface area (Å²) in [5, 5.41) is 7.73. The Kier molecular flexibility index (Phi) is 6.09. The molecule has 0 spiro atoms. The molecule has 4 heterocycles. The minimum Gasteiger partial charge on any atom is -0.383 e. The summed E-state index contributed by atoms with van der Waals surface area (Å²) in [4.78, 5) is 24.3. The van der Waals surface area contributed by atoms with Crippen molar-refractivity contribution in [3.8, 4) is 11.3 Å². The second kappa shape index (κ2) is 9.71. The Morgan fingerprint density at radius 3 is 2.80 bits per heavy atom. The maximum atomic E-state index is 15.7. The predicted molar refractivity (Wildman–Crippen MR) is 152 cm³/mol. The first-order valence-corrected chi connectivity index (χ1v) is 13.7. The lowest BCUT2D eigenvalue weighted by atomic mass is 9.91. The lowest BCUT2D eigenvalue weighted by Crippen LogP contribution is -2.32. The van der Waals surface area contributed by atoms with Gasteiger partial charge >= 0.3 is 0 Å². The maximum Gasteiger partial charge on any atom is 0.258 e. The van der Waals surface area contributed by atoms with Crippen LogP contribution >= 0.6 is 0 Å². The van der Waals surface area contributed by atoms with E-state index in [-0.39, 0.29) is 39.0 Å². The van der Waals surface area contributed by atoms with Crippen LogP contribution in [0.3, 0.4) is 0 Å². The van der Waals surface area contributed by atoms with Crippen molar-refractivity contribution in [2.75, 3.05) is 38.3 Å². The highest BCUT2D eigenvalue weighted by Crippen LogP contribution is 2.63. The average molecular weight is 558 g/mol. The highest BCUT2D eigenvalue weighted by Gasteiger charge is 2.66. The van der Waals surface area contributed by atoms with E-state index in [9.17, 15) is 9.18 Å². The normalized spacial score (nSPS) is 21.9. The van der Waals surface area contributed by atoms with E-state index < -0.39 is 5.82 Å². The first-order valence-electron chi connectivity index (χ1n) is 13.7. The van der Waals surface area contributed by atoms with Gasteiger partial charge in [-0.25, -0.2) is 18.7 Å². The average Bonchev–Trinajstić information content (AvgIpc) is 3.46. The van der Waals surface area contributed by atoms with Gasteiger partial charge in [-0.1, -0.05) is 18.2 Å². The van der Waals surface area contributed by atoms with E-state index in [0.717, 1.165) is 13.0 Å². The molecule has 1 saturated carbocycles. The summed E-state index contributed by atoms with van der Waals surface area (Å²) in [5.74, 6) is 0.472. The number of nitrogens with zero attached hydrogens (tertiary/aromatic N) is 5. The highest BCUT2D eigenvalue weighted by molar-refractivity contribution is 5.93. The van der Waals surface area contributed by atoms with Gasteiger partial charge in [0.25, 0.3) is 5.56 Å². The number of nitrogens with two attached hydrogens (primary N) is 1. The van der Waals surface area contributed by atoms with E-state index in [1.54, 1.807) is 43.8 Å². The predicted octanol–water partition coefficient (Wildman–Crippen LogP) is 3.61. The molecule has 0 radical (unpaired) electrons. The Balaban J connectivity index is 1.18. The highest BCUT2D eigenvalue weighted by atomic mass is 19.1. The molecule has 1 aliphatic carbocycles. The number of benzene rings is 2. The molecule has 2 aliphatic rings. The molecule has 0 amide bonds. The van der Waals surface area contributed by atoms with Gasteiger partial charge in [0, 0.05) is 55.9 Å². The largest absolute Gasteiger partial charge is 0.383 e. The van der Waals surface area contributed by atoms with Crippen molar-refractivity contribution >= 4 is 27.8 Å². The first-order chi connectivity index (χ1) is 20.0. The molecule has 0 bridgehead atoms. The van der Waals surface area contributed by atoms with E-state index in [1.165, 1.54) is 10.6 Å². The van der Waals surface area contributed by atoms with Crippen LogP contribution in [0.5, 0.6) is 0 Å². The Bertz CT molecular complexity index is 1850. The fraction of sp³-hybridized carbons (Fsp3) is 0.333. The van der Waals surface area contributed by atoms with Crippen LogP contribution in [0.25, 0.3) is 33.2 Å². The topological polar surface area (TPSA) is 115 Å². The van der Waals surface area contributed by atoms with E-state index in [0.29, 0.717) is 60.4 Å². The molecule has 3 aromatic heterocycles. The molecule has 3 atom stereocenters. The number of methoxy groups -OCH3 is 1. The quantitative estimate of drug-likeness (QED) is 0.314. The van der Waals surface area contributed by atoms with Gasteiger partial charge in [-0.15, -0.1) is 0 Å². The third kappa shape index (κ3) is 3.86. The van der Waals surface area contributed by atoms with Crippen LogP contribution in [-0.4, -0.2) is 58.1 Å². The lowest BCUT2D eigenvalue weighted by molar-refractivity contribution is 0.186. The number of aromatic nitrogens is 5. The van der Waals surface area contributed by atoms with Crippen LogP contribution in [-0.2, 0) is 16.7 Å². The smallest absolute Gasteiger partial charge is 0.258 e. The molecule has 7 rings (SSSR count). The second-order valence-corrected chi connectivity index (χ2v) is 10.9. The van der Waals surface area contributed by atoms with Crippen molar-refractivity contribution < 1.29 is 13.5 Å². The lowest BCUT2D eigenvalue weighted by Gasteiger charge is -2.26. The molecule has 1 saturated heterocycles. The van der Waals surface area contributed by atoms with Crippen molar-refractivity contribution in [2.24, 2.45) is 17.6 Å². The zero-order valence-corrected chi connectivity index (χ0v) is 22.5. The summed E-state index contributed by atoms with van der Waals surface area (Å²) in [6, 6.07) is 11.7. The standard InChI is InChI=1S/C30H29F2N7O2/c1-41-13-12-38-10-8-17-18(29(38)40)6-7-19(25(17)32)26-27-28(37-36-26)35-24(14-34-27)39-11-9-20-22(15-39)30(20,16-33)21-4-2-3-5-23(21)31/h2-8,10,14,20,22H,9,11-13,15-16,33H2,1H3,(H,35,36,37)/t20-,22+,30-/m1/s1. The number of nitrogens with one attached hydrogen (secondary N) is 1. The summed E-state index contributed by atoms with van der Waals surface area (Å²) in [6.07, 6.45) is 4.12. The van der Waals surface area contributed by atoms with Gasteiger partial charge in [0.1, 0.15) is 23.0 Å². The summed E-state index contributed by atoms with van der Waals surface area (Å²) in [5.41, 5.74) is 7.75. The molecule has 3 N–H and O–H groups in total. The van der Waals surface area contributed by atoms with Gasteiger partial charge in [-0.2, -0.15) is 5.10 Å². The fourth-order valence-corrected chi connectivity index (χ4v) is 6.85. The third-order valence-corrected chi connectivity index (χ3v) is 9.01. The molecule has 1 aliphatic heterocycles. The molecular weight excluding hydrogens is 528 g/mol. The summed E-state index contributed by atoms with van der Waals surface area (Å²) in [6.45, 7) is 2.59. The Labute approximate surface area is 234 Å². The van der Waals surface area contributed by atoms with Crippen LogP contribution in [0.4, 0.5) is 14.6 Å². The number of hydrogen-bond acceptors (Lipinski definition) is 7. The number of anilines is 1. The number of piperidine rings is 1. The van der Waals surface area contributed by atoms with E-state index >= 15 is 4.39 Å². The summed E-state index contributed by atoms with van der Waals surface area (Å²) in [7, 11) is 1.56. The Hall–Kier alpha value is -4.22. The van der Waals surface area contributed by atoms with Crippen molar-refractivity contribution in [1.29, 1.82) is 0 Å². The zero-order valence-electron chi connectivity index (χ0n) is 22.5. The van der Waals surface area contributed by atoms with Crippen LogP contribution in [0, 0.1) is 23.5 Å². The van der Waals surface area contributed by atoms with Crippen LogP contribution in [0.1, 0.15) is 12.0 Å². The van der Waals surface area contributed by atoms with Crippen molar-refractivity contribution in [3.63, 3.8) is 0 Å². The van der Waals surface area contributed by atoms with Crippen LogP contribution in [0.15, 0.2) is 59.7 Å². The molecule has 2 fully saturated rings. The number of H-pyrrole nitrogens is 1. The number of halogens is 2. The van der Waals surface area contributed by atoms with Crippen LogP contribution in [0.2, 0.25) is 0 Å². The van der Waals surface area contributed by atoms with Crippen molar-refractivity contribution in [2.45, 2.75) is 18.4 Å². The molecule has 41 heavy (non-hydrogen) atoms. The van der Waals surface area contributed by atoms with E-state index in [1.807, 2.05) is 12.1 Å². The molecule has 210 valence electrons. The molecule has 9 nitrogen and oxygen atoms in total. The number of pyridine rings is 1. The zero-order chi connectivity index (χ0) is 28.3. The SMILES string of the molecule is COCCn1ccc2c(F)c(-c3[nH]nc4nc(N5CC[C@@H]6[C@H](C5)[C@@]6(CN)c5ccccc5F)cnc34)ccc2c1=O. The first kappa shape index (κ1) is 25.7. The Morgan fingerprint density at radius 2 is 2.00 bits per heavy atom. The number of fused-ring (bicyclic) bond motifs is 3. The maximum absolute atomic E-state index is 15.7. The van der Waals surface area contributed by atoms with E-state index in [2.05, 4.69) is 20.1 Å². The number of hydrogen-bond donors (Lipinski definition) is 2. The fourth-order valence-electron chi connectivity index (χ4n) is 6.85. The molecular formula is C30H29F2N7O2. The molecule has 11 heteroatoms. The third-order valence-electron chi connectivity index (χ3n) is 9.01. The number of rotatable bonds is 7. The summed E-state index contributed by atoms with van der Waals surface area (Å²) >= 11 is 0. The van der Waals surface area contributed by atoms with Crippen molar-refractivity contribution in [3.05, 3.63) is 82.4 Å². The number of ether oxygens (including phenoxy) is 1. The molecule has 5 aromatic rings. The van der Waals surface area contributed by atoms with Crippen LogP contribution < -0.4 is 16.2 Å². The van der Waals surface area contributed by atoms with E-state index in [4.69, 9.17) is 15.5 Å². The summed E-state index contributed by atoms with van der Waals surface area (Å²) < 4.78 is 37.0. The second-order valence-electron chi connectivity index (χ2n) is 10.9. The van der Waals surface area contributed by atoms with Gasteiger partial charge < -0.3 is 19.9 Å². The number of aromatic amines is 1. The molecule has 2 aromatic carbocycles. The minimum atomic E-state index is -0.531. The van der Waals surface area contributed by atoms with Gasteiger partial charge in [-0.05, 0) is 48.1 Å². The van der Waals surface area contributed by atoms with Gasteiger partial charge in [0.15, 0.2) is 0 Å². The van der Waals surface area contributed by atoms with Gasteiger partial charge in [0.05, 0.1) is 23.9 Å². The molecule has 0 unspecified atom stereocenters. The monoisotopic (exact) mass is 557 g/mol. The Morgan fingerprint density at radius 1 is 1.15 bits per heavy atom. The minimum absolute atomic E-state index is 0.207. The van der Waals surface area contributed by atoms with Crippen molar-refractivity contribution in [1.82, 2.24) is 24.7 Å². The van der Waals surface area contributed by atoms with Gasteiger partial charge in [-0.3, -0.25) is 9.89 Å². The van der Waals surface area contributed by atoms with Gasteiger partial charge in [0.2, 0.25) is 5.65 Å².